The summed E-state index contributed by atoms with van der Waals surface area (Å²) in [6.45, 7) is 5.80. The lowest BCUT2D eigenvalue weighted by atomic mass is 9.84. The average molecular weight is 297 g/mol. The van der Waals surface area contributed by atoms with Crippen molar-refractivity contribution in [3.63, 3.8) is 0 Å². The van der Waals surface area contributed by atoms with Crippen molar-refractivity contribution >= 4 is 11.6 Å². The monoisotopic (exact) mass is 296 g/mol. The third kappa shape index (κ3) is 3.17. The summed E-state index contributed by atoms with van der Waals surface area (Å²) in [5.74, 6) is 0. The van der Waals surface area contributed by atoms with Gasteiger partial charge in [0.15, 0.2) is 0 Å². The Morgan fingerprint density at radius 1 is 1.45 bits per heavy atom. The zero-order valence-corrected chi connectivity index (χ0v) is 13.4. The van der Waals surface area contributed by atoms with Crippen LogP contribution in [0.1, 0.15) is 38.3 Å². The molecule has 1 aromatic carbocycles. The van der Waals surface area contributed by atoms with Crippen LogP contribution in [-0.2, 0) is 4.74 Å². The quantitative estimate of drug-likeness (QED) is 0.927. The number of likely N-dealkylation sites (N-methyl/N-ethyl adjacent to an activating group) is 1. The maximum atomic E-state index is 6.12. The molecule has 3 unspecified atom stereocenters. The lowest BCUT2D eigenvalue weighted by molar-refractivity contribution is -0.0666. The lowest BCUT2D eigenvalue weighted by Crippen LogP contribution is -2.57. The molecule has 2 rings (SSSR count). The van der Waals surface area contributed by atoms with E-state index in [0.29, 0.717) is 12.6 Å². The predicted molar refractivity (Wildman–Crippen MR) is 84.1 cm³/mol. The zero-order chi connectivity index (χ0) is 14.8. The van der Waals surface area contributed by atoms with Gasteiger partial charge in [-0.3, -0.25) is 4.90 Å². The van der Waals surface area contributed by atoms with Crippen molar-refractivity contribution in [2.24, 2.45) is 5.73 Å². The summed E-state index contributed by atoms with van der Waals surface area (Å²) in [5, 5.41) is 0.775. The second kappa shape index (κ2) is 6.44. The highest BCUT2D eigenvalue weighted by Crippen LogP contribution is 2.35. The van der Waals surface area contributed by atoms with Gasteiger partial charge in [-0.15, -0.1) is 0 Å². The first-order chi connectivity index (χ1) is 9.48. The van der Waals surface area contributed by atoms with Crippen LogP contribution in [0.3, 0.4) is 0 Å². The number of nitrogens with two attached hydrogens (primary N) is 1. The third-order valence-corrected chi connectivity index (χ3v) is 4.95. The lowest BCUT2D eigenvalue weighted by Gasteiger charge is -2.48. The highest BCUT2D eigenvalue weighted by molar-refractivity contribution is 6.30. The first kappa shape index (κ1) is 15.8. The fourth-order valence-corrected chi connectivity index (χ4v) is 3.30. The topological polar surface area (TPSA) is 38.5 Å². The Hall–Kier alpha value is -0.610. The molecule has 1 saturated heterocycles. The molecule has 0 aromatic heterocycles. The van der Waals surface area contributed by atoms with E-state index in [2.05, 4.69) is 37.9 Å². The Bertz CT molecular complexity index is 437. The van der Waals surface area contributed by atoms with Gasteiger partial charge in [-0.25, -0.2) is 0 Å². The van der Waals surface area contributed by atoms with Gasteiger partial charge in [0, 0.05) is 29.8 Å². The average Bonchev–Trinajstić information content (AvgIpc) is 2.46. The van der Waals surface area contributed by atoms with Crippen molar-refractivity contribution in [1.29, 1.82) is 0 Å². The zero-order valence-electron chi connectivity index (χ0n) is 12.6. The van der Waals surface area contributed by atoms with E-state index in [1.165, 1.54) is 5.56 Å². The molecule has 3 atom stereocenters. The van der Waals surface area contributed by atoms with E-state index < -0.39 is 0 Å². The van der Waals surface area contributed by atoms with Gasteiger partial charge in [-0.05, 0) is 51.4 Å². The molecule has 0 aliphatic carbocycles. The molecule has 3 nitrogen and oxygen atoms in total. The second-order valence-electron chi connectivity index (χ2n) is 5.90. The Morgan fingerprint density at radius 3 is 2.65 bits per heavy atom. The van der Waals surface area contributed by atoms with E-state index >= 15 is 0 Å². The molecule has 1 aromatic rings. The van der Waals surface area contributed by atoms with Crippen molar-refractivity contribution in [2.75, 3.05) is 20.2 Å². The van der Waals surface area contributed by atoms with Crippen LogP contribution >= 0.6 is 11.6 Å². The molecule has 0 spiro atoms. The van der Waals surface area contributed by atoms with Crippen LogP contribution < -0.4 is 5.73 Å². The number of halogens is 1. The van der Waals surface area contributed by atoms with Gasteiger partial charge in [-0.2, -0.15) is 0 Å². The molecular weight excluding hydrogens is 272 g/mol. The maximum absolute atomic E-state index is 6.12. The minimum absolute atomic E-state index is 0.0245. The van der Waals surface area contributed by atoms with E-state index in [4.69, 9.17) is 22.1 Å². The number of benzene rings is 1. The summed E-state index contributed by atoms with van der Waals surface area (Å²) in [7, 11) is 2.17. The molecule has 1 aliphatic rings. The van der Waals surface area contributed by atoms with Gasteiger partial charge in [-0.1, -0.05) is 23.7 Å². The van der Waals surface area contributed by atoms with Crippen LogP contribution in [0.2, 0.25) is 5.02 Å². The summed E-state index contributed by atoms with van der Waals surface area (Å²) >= 11 is 5.97. The highest BCUT2D eigenvalue weighted by atomic mass is 35.5. The molecule has 0 radical (unpaired) electrons. The van der Waals surface area contributed by atoms with Crippen LogP contribution in [0, 0.1) is 0 Å². The summed E-state index contributed by atoms with van der Waals surface area (Å²) in [6, 6.07) is 8.39. The minimum Gasteiger partial charge on any atom is -0.378 e. The summed E-state index contributed by atoms with van der Waals surface area (Å²) < 4.78 is 5.69. The van der Waals surface area contributed by atoms with Gasteiger partial charge in [0.05, 0.1) is 6.10 Å². The predicted octanol–water partition coefficient (Wildman–Crippen LogP) is 3.23. The van der Waals surface area contributed by atoms with Crippen molar-refractivity contribution in [3.8, 4) is 0 Å². The first-order valence-electron chi connectivity index (χ1n) is 7.28. The largest absolute Gasteiger partial charge is 0.378 e. The fraction of sp³-hybridized carbons (Fsp3) is 0.625. The Labute approximate surface area is 127 Å². The van der Waals surface area contributed by atoms with E-state index in [-0.39, 0.29) is 11.6 Å². The smallest absolute Gasteiger partial charge is 0.0565 e. The Morgan fingerprint density at radius 2 is 2.10 bits per heavy atom. The van der Waals surface area contributed by atoms with Gasteiger partial charge in [0.25, 0.3) is 0 Å². The van der Waals surface area contributed by atoms with Crippen molar-refractivity contribution in [1.82, 2.24) is 4.90 Å². The molecule has 1 heterocycles. The van der Waals surface area contributed by atoms with Crippen LogP contribution in [-0.4, -0.2) is 36.7 Å². The van der Waals surface area contributed by atoms with Gasteiger partial charge in [0.2, 0.25) is 0 Å². The standard InChI is InChI=1S/C16H25ClN2O/c1-12-10-16(11-18,8-9-20-12)19(3)13(2)14-4-6-15(17)7-5-14/h4-7,12-13H,8-11,18H2,1-3H3. The second-order valence-corrected chi connectivity index (χ2v) is 6.34. The van der Waals surface area contributed by atoms with Crippen molar-refractivity contribution in [3.05, 3.63) is 34.9 Å². The minimum atomic E-state index is 0.0245. The van der Waals surface area contributed by atoms with Crippen LogP contribution in [0.5, 0.6) is 0 Å². The summed E-state index contributed by atoms with van der Waals surface area (Å²) in [5.41, 5.74) is 7.42. The molecular formula is C16H25ClN2O. The number of rotatable bonds is 4. The van der Waals surface area contributed by atoms with E-state index in [1.54, 1.807) is 0 Å². The molecule has 2 N–H and O–H groups in total. The SMILES string of the molecule is CC1CC(CN)(N(C)C(C)c2ccc(Cl)cc2)CCO1. The third-order valence-electron chi connectivity index (χ3n) is 4.70. The van der Waals surface area contributed by atoms with Gasteiger partial charge in [0.1, 0.15) is 0 Å². The molecule has 4 heteroatoms. The normalized spacial score (nSPS) is 28.6. The molecule has 20 heavy (non-hydrogen) atoms. The molecule has 0 amide bonds. The van der Waals surface area contributed by atoms with Crippen LogP contribution in [0.25, 0.3) is 0 Å². The van der Waals surface area contributed by atoms with Gasteiger partial charge < -0.3 is 10.5 Å². The van der Waals surface area contributed by atoms with E-state index in [1.807, 2.05) is 12.1 Å². The molecule has 1 aliphatic heterocycles. The number of nitrogens with zero attached hydrogens (tertiary/aromatic N) is 1. The number of ether oxygens (including phenoxy) is 1. The molecule has 0 saturated carbocycles. The summed E-state index contributed by atoms with van der Waals surface area (Å²) in [4.78, 5) is 2.41. The first-order valence-corrected chi connectivity index (χ1v) is 7.66. The van der Waals surface area contributed by atoms with Crippen LogP contribution in [0.15, 0.2) is 24.3 Å². The molecule has 1 fully saturated rings. The van der Waals surface area contributed by atoms with Crippen molar-refractivity contribution in [2.45, 2.75) is 44.4 Å². The summed E-state index contributed by atoms with van der Waals surface area (Å²) in [6.07, 6.45) is 2.24. The molecule has 112 valence electrons. The molecule has 0 bridgehead atoms. The Balaban J connectivity index is 2.19. The van der Waals surface area contributed by atoms with E-state index in [9.17, 15) is 0 Å². The Kier molecular flexibility index (Phi) is 5.08. The number of hydrogen-bond donors (Lipinski definition) is 1. The van der Waals surface area contributed by atoms with Gasteiger partial charge >= 0.3 is 0 Å². The van der Waals surface area contributed by atoms with E-state index in [0.717, 1.165) is 24.5 Å². The fourth-order valence-electron chi connectivity index (χ4n) is 3.17. The highest BCUT2D eigenvalue weighted by Gasteiger charge is 2.40. The number of hydrogen-bond acceptors (Lipinski definition) is 3. The maximum Gasteiger partial charge on any atom is 0.0565 e. The van der Waals surface area contributed by atoms with Crippen LogP contribution in [0.4, 0.5) is 0 Å². The van der Waals surface area contributed by atoms with Crippen molar-refractivity contribution < 1.29 is 4.74 Å².